The SMILES string of the molecule is N#Cc1c(-c2cccc(Cl)c2Cl)n[nH]c1Br. The number of rotatable bonds is 1. The van der Waals surface area contributed by atoms with Gasteiger partial charge in [0.25, 0.3) is 0 Å². The highest BCUT2D eigenvalue weighted by Crippen LogP contribution is 2.35. The van der Waals surface area contributed by atoms with E-state index in [2.05, 4.69) is 26.1 Å². The van der Waals surface area contributed by atoms with Crippen LogP contribution in [-0.4, -0.2) is 10.2 Å². The van der Waals surface area contributed by atoms with Crippen LogP contribution in [0.2, 0.25) is 10.0 Å². The fourth-order valence-corrected chi connectivity index (χ4v) is 2.06. The highest BCUT2D eigenvalue weighted by molar-refractivity contribution is 9.10. The summed E-state index contributed by atoms with van der Waals surface area (Å²) in [6.45, 7) is 0. The first-order chi connectivity index (χ1) is 7.65. The zero-order valence-corrected chi connectivity index (χ0v) is 10.9. The maximum Gasteiger partial charge on any atom is 0.119 e. The molecule has 0 radical (unpaired) electrons. The van der Waals surface area contributed by atoms with Gasteiger partial charge in [-0.1, -0.05) is 35.3 Å². The predicted molar refractivity (Wildman–Crippen MR) is 66.5 cm³/mol. The number of hydrogen-bond acceptors (Lipinski definition) is 2. The fraction of sp³-hybridized carbons (Fsp3) is 0. The molecule has 0 spiro atoms. The Morgan fingerprint density at radius 1 is 1.38 bits per heavy atom. The third-order valence-electron chi connectivity index (χ3n) is 2.04. The highest BCUT2D eigenvalue weighted by atomic mass is 79.9. The van der Waals surface area contributed by atoms with E-state index in [0.717, 1.165) is 0 Å². The van der Waals surface area contributed by atoms with Crippen LogP contribution in [0.15, 0.2) is 22.8 Å². The first-order valence-electron chi connectivity index (χ1n) is 4.23. The number of nitrogens with one attached hydrogen (secondary N) is 1. The van der Waals surface area contributed by atoms with Crippen molar-refractivity contribution in [2.24, 2.45) is 0 Å². The fourth-order valence-electron chi connectivity index (χ4n) is 1.30. The van der Waals surface area contributed by atoms with Crippen molar-refractivity contribution in [3.63, 3.8) is 0 Å². The molecule has 0 bridgehead atoms. The second-order valence-corrected chi connectivity index (χ2v) is 4.55. The van der Waals surface area contributed by atoms with Crippen molar-refractivity contribution in [3.8, 4) is 17.3 Å². The number of H-pyrrole nitrogens is 1. The minimum absolute atomic E-state index is 0.389. The van der Waals surface area contributed by atoms with Crippen molar-refractivity contribution < 1.29 is 0 Å². The Bertz CT molecular complexity index is 586. The molecule has 6 heteroatoms. The summed E-state index contributed by atoms with van der Waals surface area (Å²) in [7, 11) is 0. The summed E-state index contributed by atoms with van der Waals surface area (Å²) < 4.78 is 0.529. The minimum Gasteiger partial charge on any atom is -0.269 e. The molecule has 0 amide bonds. The molecule has 3 nitrogen and oxygen atoms in total. The van der Waals surface area contributed by atoms with Gasteiger partial charge in [-0.05, 0) is 22.0 Å². The normalized spacial score (nSPS) is 10.1. The monoisotopic (exact) mass is 315 g/mol. The smallest absolute Gasteiger partial charge is 0.119 e. The topological polar surface area (TPSA) is 52.5 Å². The molecule has 0 unspecified atom stereocenters. The summed E-state index contributed by atoms with van der Waals surface area (Å²) in [5, 5.41) is 16.5. The molecule has 1 N–H and O–H groups in total. The van der Waals surface area contributed by atoms with Crippen LogP contribution in [0.1, 0.15) is 5.56 Å². The van der Waals surface area contributed by atoms with Gasteiger partial charge in [-0.25, -0.2) is 0 Å². The predicted octanol–water partition coefficient (Wildman–Crippen LogP) is 4.02. The van der Waals surface area contributed by atoms with Crippen molar-refractivity contribution in [1.82, 2.24) is 10.2 Å². The zero-order chi connectivity index (χ0) is 11.7. The Morgan fingerprint density at radius 3 is 2.81 bits per heavy atom. The third kappa shape index (κ3) is 1.82. The Labute approximate surface area is 110 Å². The molecule has 2 rings (SSSR count). The van der Waals surface area contributed by atoms with Crippen LogP contribution >= 0.6 is 39.1 Å². The summed E-state index contributed by atoms with van der Waals surface area (Å²) in [6.07, 6.45) is 0. The number of benzene rings is 1. The molecule has 0 aliphatic heterocycles. The second-order valence-electron chi connectivity index (χ2n) is 2.97. The van der Waals surface area contributed by atoms with Crippen molar-refractivity contribution in [2.45, 2.75) is 0 Å². The van der Waals surface area contributed by atoms with E-state index >= 15 is 0 Å². The molecule has 0 saturated carbocycles. The van der Waals surface area contributed by atoms with Crippen LogP contribution < -0.4 is 0 Å². The molecule has 0 atom stereocenters. The molecule has 1 heterocycles. The lowest BCUT2D eigenvalue weighted by Crippen LogP contribution is -1.84. The van der Waals surface area contributed by atoms with Gasteiger partial charge in [-0.3, -0.25) is 5.10 Å². The average Bonchev–Trinajstić information content (AvgIpc) is 2.63. The van der Waals surface area contributed by atoms with Gasteiger partial charge in [0.05, 0.1) is 10.0 Å². The van der Waals surface area contributed by atoms with Crippen LogP contribution in [0.3, 0.4) is 0 Å². The highest BCUT2D eigenvalue weighted by Gasteiger charge is 2.16. The molecule has 1 aromatic heterocycles. The van der Waals surface area contributed by atoms with E-state index < -0.39 is 0 Å². The molecule has 2 aromatic rings. The lowest BCUT2D eigenvalue weighted by Gasteiger charge is -2.02. The Hall–Kier alpha value is -1.02. The second kappa shape index (κ2) is 4.46. The number of aromatic amines is 1. The molecule has 0 fully saturated rings. The van der Waals surface area contributed by atoms with Crippen molar-refractivity contribution in [3.05, 3.63) is 38.4 Å². The molecule has 0 aliphatic rings. The van der Waals surface area contributed by atoms with E-state index in [1.54, 1.807) is 18.2 Å². The van der Waals surface area contributed by atoms with Crippen LogP contribution in [0, 0.1) is 11.3 Å². The van der Waals surface area contributed by atoms with E-state index in [4.69, 9.17) is 28.5 Å². The summed E-state index contributed by atoms with van der Waals surface area (Å²) in [5.74, 6) is 0. The van der Waals surface area contributed by atoms with Gasteiger partial charge in [-0.2, -0.15) is 10.4 Å². The quantitative estimate of drug-likeness (QED) is 0.864. The van der Waals surface area contributed by atoms with Crippen molar-refractivity contribution in [2.75, 3.05) is 0 Å². The van der Waals surface area contributed by atoms with E-state index in [1.807, 2.05) is 6.07 Å². The van der Waals surface area contributed by atoms with E-state index in [1.165, 1.54) is 0 Å². The molecule has 0 saturated heterocycles. The number of hydrogen-bond donors (Lipinski definition) is 1. The number of nitrogens with zero attached hydrogens (tertiary/aromatic N) is 2. The lowest BCUT2D eigenvalue weighted by atomic mass is 10.1. The van der Waals surface area contributed by atoms with Gasteiger partial charge < -0.3 is 0 Å². The van der Waals surface area contributed by atoms with Gasteiger partial charge in [0.2, 0.25) is 0 Å². The number of aromatic nitrogens is 2. The van der Waals surface area contributed by atoms with Crippen LogP contribution in [0.4, 0.5) is 0 Å². The molecule has 80 valence electrons. The Morgan fingerprint density at radius 2 is 2.12 bits per heavy atom. The van der Waals surface area contributed by atoms with Crippen LogP contribution in [0.25, 0.3) is 11.3 Å². The van der Waals surface area contributed by atoms with E-state index in [-0.39, 0.29) is 0 Å². The van der Waals surface area contributed by atoms with Crippen molar-refractivity contribution >= 4 is 39.1 Å². The average molecular weight is 317 g/mol. The van der Waals surface area contributed by atoms with Crippen molar-refractivity contribution in [1.29, 1.82) is 5.26 Å². The van der Waals surface area contributed by atoms with Crippen LogP contribution in [-0.2, 0) is 0 Å². The largest absolute Gasteiger partial charge is 0.269 e. The van der Waals surface area contributed by atoms with E-state index in [0.29, 0.717) is 31.5 Å². The summed E-state index contributed by atoms with van der Waals surface area (Å²) in [4.78, 5) is 0. The standard InChI is InChI=1S/C10H4BrCl2N3/c11-10-6(4-14)9(15-16-10)5-2-1-3-7(12)8(5)13/h1-3H,(H,15,16). The third-order valence-corrected chi connectivity index (χ3v) is 3.43. The lowest BCUT2D eigenvalue weighted by molar-refractivity contribution is 1.07. The Kier molecular flexibility index (Phi) is 3.20. The molecule has 0 aliphatic carbocycles. The number of halogens is 3. The van der Waals surface area contributed by atoms with Gasteiger partial charge in [0.1, 0.15) is 21.9 Å². The molecular formula is C10H4BrCl2N3. The molecular weight excluding hydrogens is 313 g/mol. The maximum absolute atomic E-state index is 8.99. The molecule has 1 aromatic carbocycles. The summed E-state index contributed by atoms with van der Waals surface area (Å²) in [6, 6.07) is 7.25. The van der Waals surface area contributed by atoms with Gasteiger partial charge in [-0.15, -0.1) is 0 Å². The summed E-state index contributed by atoms with van der Waals surface area (Å²) >= 11 is 15.2. The minimum atomic E-state index is 0.389. The maximum atomic E-state index is 8.99. The molecule has 16 heavy (non-hydrogen) atoms. The van der Waals surface area contributed by atoms with Gasteiger partial charge >= 0.3 is 0 Å². The van der Waals surface area contributed by atoms with Gasteiger partial charge in [0.15, 0.2) is 0 Å². The first-order valence-corrected chi connectivity index (χ1v) is 5.78. The van der Waals surface area contributed by atoms with Gasteiger partial charge in [0, 0.05) is 5.56 Å². The van der Waals surface area contributed by atoms with E-state index in [9.17, 15) is 0 Å². The summed E-state index contributed by atoms with van der Waals surface area (Å²) in [5.41, 5.74) is 1.53. The zero-order valence-electron chi connectivity index (χ0n) is 7.76. The number of nitriles is 1. The Balaban J connectivity index is 2.69. The van der Waals surface area contributed by atoms with Crippen LogP contribution in [0.5, 0.6) is 0 Å². The first kappa shape index (κ1) is 11.5.